The molecule has 11 unspecified atom stereocenters. The fourth-order valence-electron chi connectivity index (χ4n) is 5.10. The average Bonchev–Trinajstić information content (AvgIpc) is 3.64. The molecule has 0 aromatic carbocycles. The van der Waals surface area contributed by atoms with Gasteiger partial charge in [0.05, 0.1) is 30.3 Å². The first-order valence-electron chi connectivity index (χ1n) is 14.3. The third kappa shape index (κ3) is 9.85. The van der Waals surface area contributed by atoms with Crippen molar-refractivity contribution in [3.63, 3.8) is 0 Å². The molecule has 2 rings (SSSR count). The SMILES string of the molecule is CCC(O)C(C)C1OC1CC(C)C=CC=C(C)C1OC(=O)C(C)C(O)CCC(C)(O)C(OC(C)=O)C=CC1C. The predicted octanol–water partition coefficient (Wildman–Crippen LogP) is 4.27. The molecule has 2 heterocycles. The molecule has 1 fully saturated rings. The first-order valence-corrected chi connectivity index (χ1v) is 14.3. The molecule has 0 bridgehead atoms. The molecule has 39 heavy (non-hydrogen) atoms. The van der Waals surface area contributed by atoms with Crippen LogP contribution in [0.25, 0.3) is 0 Å². The van der Waals surface area contributed by atoms with E-state index in [4.69, 9.17) is 14.2 Å². The van der Waals surface area contributed by atoms with Gasteiger partial charge in [-0.1, -0.05) is 52.0 Å². The molecule has 2 aliphatic heterocycles. The molecule has 3 N–H and O–H groups in total. The molecule has 8 nitrogen and oxygen atoms in total. The van der Waals surface area contributed by atoms with Crippen LogP contribution in [0.1, 0.15) is 81.1 Å². The van der Waals surface area contributed by atoms with Gasteiger partial charge in [-0.25, -0.2) is 0 Å². The summed E-state index contributed by atoms with van der Waals surface area (Å²) in [4.78, 5) is 24.6. The normalized spacial score (nSPS) is 36.8. The highest BCUT2D eigenvalue weighted by Crippen LogP contribution is 2.36. The second-order valence-corrected chi connectivity index (χ2v) is 11.9. The lowest BCUT2D eigenvalue weighted by atomic mass is 9.87. The van der Waals surface area contributed by atoms with E-state index in [0.29, 0.717) is 6.42 Å². The van der Waals surface area contributed by atoms with Gasteiger partial charge in [0.15, 0.2) is 0 Å². The summed E-state index contributed by atoms with van der Waals surface area (Å²) in [6.45, 7) is 14.4. The summed E-state index contributed by atoms with van der Waals surface area (Å²) in [5, 5.41) is 31.7. The van der Waals surface area contributed by atoms with Gasteiger partial charge in [0.2, 0.25) is 0 Å². The Morgan fingerprint density at radius 3 is 2.54 bits per heavy atom. The van der Waals surface area contributed by atoms with Gasteiger partial charge in [-0.05, 0) is 64.0 Å². The van der Waals surface area contributed by atoms with Gasteiger partial charge in [-0.3, -0.25) is 9.59 Å². The summed E-state index contributed by atoms with van der Waals surface area (Å²) in [5.74, 6) is -1.72. The van der Waals surface area contributed by atoms with Crippen molar-refractivity contribution in [1.29, 1.82) is 0 Å². The number of aliphatic hydroxyl groups excluding tert-OH is 2. The Labute approximate surface area is 234 Å². The molecule has 0 spiro atoms. The summed E-state index contributed by atoms with van der Waals surface area (Å²) < 4.78 is 17.1. The summed E-state index contributed by atoms with van der Waals surface area (Å²) in [5.41, 5.74) is -0.597. The molecule has 0 saturated carbocycles. The summed E-state index contributed by atoms with van der Waals surface area (Å²) in [6.07, 6.45) is 8.62. The molecular weight excluding hydrogens is 500 g/mol. The Balaban J connectivity index is 2.17. The second kappa shape index (κ2) is 14.6. The zero-order valence-electron chi connectivity index (χ0n) is 24.9. The zero-order chi connectivity index (χ0) is 29.5. The van der Waals surface area contributed by atoms with E-state index >= 15 is 0 Å². The van der Waals surface area contributed by atoms with E-state index in [2.05, 4.69) is 13.0 Å². The van der Waals surface area contributed by atoms with Crippen molar-refractivity contribution in [2.45, 2.75) is 123 Å². The van der Waals surface area contributed by atoms with Crippen LogP contribution in [0.2, 0.25) is 0 Å². The molecule has 0 amide bonds. The van der Waals surface area contributed by atoms with Crippen molar-refractivity contribution in [2.75, 3.05) is 0 Å². The highest BCUT2D eigenvalue weighted by Gasteiger charge is 2.45. The lowest BCUT2D eigenvalue weighted by Crippen LogP contribution is -2.43. The Hall–Kier alpha value is -2.00. The number of cyclic esters (lactones) is 1. The molecule has 11 atom stereocenters. The number of hydrogen-bond acceptors (Lipinski definition) is 8. The average molecular weight is 551 g/mol. The van der Waals surface area contributed by atoms with E-state index in [1.807, 2.05) is 39.8 Å². The van der Waals surface area contributed by atoms with E-state index in [1.54, 1.807) is 26.0 Å². The van der Waals surface area contributed by atoms with Gasteiger partial charge >= 0.3 is 11.9 Å². The quantitative estimate of drug-likeness (QED) is 0.168. The van der Waals surface area contributed by atoms with Crippen LogP contribution in [0.4, 0.5) is 0 Å². The Morgan fingerprint density at radius 2 is 1.92 bits per heavy atom. The van der Waals surface area contributed by atoms with Gasteiger partial charge in [0.25, 0.3) is 0 Å². The number of ether oxygens (including phenoxy) is 3. The van der Waals surface area contributed by atoms with Crippen molar-refractivity contribution in [2.24, 2.45) is 23.7 Å². The van der Waals surface area contributed by atoms with Crippen molar-refractivity contribution < 1.29 is 39.1 Å². The van der Waals surface area contributed by atoms with Crippen molar-refractivity contribution in [3.8, 4) is 0 Å². The van der Waals surface area contributed by atoms with Crippen LogP contribution in [-0.4, -0.2) is 69.5 Å². The van der Waals surface area contributed by atoms with Gasteiger partial charge in [0.1, 0.15) is 17.8 Å². The first kappa shape index (κ1) is 33.2. The number of esters is 2. The fourth-order valence-corrected chi connectivity index (χ4v) is 5.10. The molecular formula is C31H50O8. The van der Waals surface area contributed by atoms with E-state index in [-0.39, 0.29) is 48.9 Å². The molecule has 222 valence electrons. The number of rotatable bonds is 9. The van der Waals surface area contributed by atoms with Crippen molar-refractivity contribution >= 4 is 11.9 Å². The first-order chi connectivity index (χ1) is 18.2. The number of carbonyl (C=O) groups is 2. The standard InChI is InChI=1S/C31H50O8/c1-9-24(33)21(5)29-26(38-29)17-18(2)11-10-12-19(3)28-20(4)13-14-27(37-23(7)32)31(8,36)16-15-25(34)22(6)30(35)39-28/h10-14,18,20-22,24-29,33-34,36H,9,15-17H2,1-8H3. The Morgan fingerprint density at radius 1 is 1.26 bits per heavy atom. The van der Waals surface area contributed by atoms with Gasteiger partial charge in [0, 0.05) is 18.8 Å². The molecule has 8 heteroatoms. The van der Waals surface area contributed by atoms with Crippen molar-refractivity contribution in [1.82, 2.24) is 0 Å². The lowest BCUT2D eigenvalue weighted by molar-refractivity contribution is -0.159. The van der Waals surface area contributed by atoms with Gasteiger partial charge < -0.3 is 29.5 Å². The minimum Gasteiger partial charge on any atom is -0.457 e. The topological polar surface area (TPSA) is 126 Å². The highest BCUT2D eigenvalue weighted by atomic mass is 16.6. The minimum absolute atomic E-state index is 0.102. The number of allylic oxidation sites excluding steroid dienone is 3. The third-order valence-corrected chi connectivity index (χ3v) is 8.13. The maximum Gasteiger partial charge on any atom is 0.311 e. The Kier molecular flexibility index (Phi) is 12.4. The maximum atomic E-state index is 12.9. The van der Waals surface area contributed by atoms with Crippen LogP contribution in [0.15, 0.2) is 36.0 Å². The molecule has 0 radical (unpaired) electrons. The van der Waals surface area contributed by atoms with Crippen LogP contribution >= 0.6 is 0 Å². The van der Waals surface area contributed by atoms with E-state index in [0.717, 1.165) is 12.0 Å². The maximum absolute atomic E-state index is 12.9. The van der Waals surface area contributed by atoms with E-state index < -0.39 is 41.8 Å². The summed E-state index contributed by atoms with van der Waals surface area (Å²) in [7, 11) is 0. The van der Waals surface area contributed by atoms with Crippen LogP contribution in [0, 0.1) is 23.7 Å². The van der Waals surface area contributed by atoms with Gasteiger partial charge in [-0.15, -0.1) is 0 Å². The van der Waals surface area contributed by atoms with Crippen LogP contribution in [0.3, 0.4) is 0 Å². The smallest absolute Gasteiger partial charge is 0.311 e. The molecule has 2 aliphatic rings. The molecule has 1 saturated heterocycles. The largest absolute Gasteiger partial charge is 0.457 e. The van der Waals surface area contributed by atoms with E-state index in [1.165, 1.54) is 6.92 Å². The van der Waals surface area contributed by atoms with Crippen molar-refractivity contribution in [3.05, 3.63) is 36.0 Å². The fraction of sp³-hybridized carbons (Fsp3) is 0.742. The number of hydrogen-bond donors (Lipinski definition) is 3. The predicted molar refractivity (Wildman–Crippen MR) is 150 cm³/mol. The Bertz CT molecular complexity index is 906. The lowest BCUT2D eigenvalue weighted by Gasteiger charge is -2.33. The zero-order valence-corrected chi connectivity index (χ0v) is 24.9. The molecule has 0 aliphatic carbocycles. The summed E-state index contributed by atoms with van der Waals surface area (Å²) >= 11 is 0. The molecule has 0 aromatic heterocycles. The number of carbonyl (C=O) groups excluding carboxylic acids is 2. The molecule has 0 aromatic rings. The third-order valence-electron chi connectivity index (χ3n) is 8.13. The number of aliphatic hydroxyl groups is 3. The van der Waals surface area contributed by atoms with E-state index in [9.17, 15) is 24.9 Å². The van der Waals surface area contributed by atoms with Gasteiger partial charge in [-0.2, -0.15) is 0 Å². The van der Waals surface area contributed by atoms with Crippen LogP contribution < -0.4 is 0 Å². The van der Waals surface area contributed by atoms with Crippen LogP contribution in [-0.2, 0) is 23.8 Å². The number of epoxide rings is 1. The minimum atomic E-state index is -1.42. The second-order valence-electron chi connectivity index (χ2n) is 11.9. The monoisotopic (exact) mass is 550 g/mol. The summed E-state index contributed by atoms with van der Waals surface area (Å²) in [6, 6.07) is 0. The highest BCUT2D eigenvalue weighted by molar-refractivity contribution is 5.73. The van der Waals surface area contributed by atoms with Crippen LogP contribution in [0.5, 0.6) is 0 Å².